The van der Waals surface area contributed by atoms with Gasteiger partial charge in [0.2, 0.25) is 0 Å². The molecule has 15 heavy (non-hydrogen) atoms. The minimum Gasteiger partial charge on any atom is -0.483 e. The largest absolute Gasteiger partial charge is 0.483 e. The van der Waals surface area contributed by atoms with Crippen molar-refractivity contribution >= 4 is 6.47 Å². The molecule has 0 saturated heterocycles. The molecule has 0 unspecified atom stereocenters. The second-order valence-electron chi connectivity index (χ2n) is 3.72. The first-order valence-electron chi connectivity index (χ1n) is 5.15. The molecule has 0 aliphatic carbocycles. The number of hydrogen-bond donors (Lipinski definition) is 1. The van der Waals surface area contributed by atoms with Crippen molar-refractivity contribution in [3.63, 3.8) is 0 Å². The van der Waals surface area contributed by atoms with Gasteiger partial charge < -0.3 is 5.11 Å². The van der Waals surface area contributed by atoms with E-state index < -0.39 is 0 Å². The van der Waals surface area contributed by atoms with Crippen molar-refractivity contribution in [1.82, 2.24) is 0 Å². The highest BCUT2D eigenvalue weighted by atomic mass is 16.3. The zero-order chi connectivity index (χ0) is 12.3. The molecule has 0 heterocycles. The number of benzene rings is 1. The van der Waals surface area contributed by atoms with E-state index in [9.17, 15) is 0 Å². The Balaban J connectivity index is 0. The van der Waals surface area contributed by atoms with Gasteiger partial charge in [-0.15, -0.1) is 0 Å². The molecule has 1 aromatic carbocycles. The van der Waals surface area contributed by atoms with E-state index in [0.29, 0.717) is 5.41 Å². The first-order chi connectivity index (χ1) is 7.02. The molecule has 1 rings (SSSR count). The molecule has 86 valence electrons. The van der Waals surface area contributed by atoms with E-state index in [0.717, 1.165) is 0 Å². The van der Waals surface area contributed by atoms with Crippen molar-refractivity contribution in [2.24, 2.45) is 0 Å². The molecule has 0 radical (unpaired) electrons. The molecule has 1 N–H and O–H groups in total. The molecule has 0 aliphatic rings. The Hall–Kier alpha value is -1.31. The number of carbonyl (C=O) groups is 1. The van der Waals surface area contributed by atoms with E-state index in [1.807, 2.05) is 13.8 Å². The normalized spacial score (nSPS) is 8.87. The van der Waals surface area contributed by atoms with Crippen LogP contribution in [0.3, 0.4) is 0 Å². The van der Waals surface area contributed by atoms with Gasteiger partial charge in [-0.25, -0.2) is 0 Å². The summed E-state index contributed by atoms with van der Waals surface area (Å²) >= 11 is 0. The van der Waals surface area contributed by atoms with Crippen LogP contribution in [0.1, 0.15) is 40.2 Å². The molecule has 0 spiro atoms. The molecule has 2 nitrogen and oxygen atoms in total. The Labute approximate surface area is 93.0 Å². The van der Waals surface area contributed by atoms with Crippen molar-refractivity contribution in [2.75, 3.05) is 0 Å². The highest BCUT2D eigenvalue weighted by Crippen LogP contribution is 2.20. The molecular weight excluding hydrogens is 188 g/mol. The summed E-state index contributed by atoms with van der Waals surface area (Å²) in [5, 5.41) is 6.89. The Morgan fingerprint density at radius 3 is 1.60 bits per heavy atom. The van der Waals surface area contributed by atoms with E-state index in [1.165, 1.54) is 5.56 Å². The molecule has 0 saturated carbocycles. The third-order valence-corrected chi connectivity index (χ3v) is 1.64. The van der Waals surface area contributed by atoms with Crippen molar-refractivity contribution in [2.45, 2.75) is 40.0 Å². The summed E-state index contributed by atoms with van der Waals surface area (Å²) in [6, 6.07) is 10.6. The smallest absolute Gasteiger partial charge is 0.290 e. The standard InChI is InChI=1S/C10H14.C2H6.CH2O2/c1-10(2,3)9-7-5-4-6-8-9;1-2;2-1-3/h4-8H,1-3H3;1-2H3;1H,(H,2,3). The van der Waals surface area contributed by atoms with Crippen LogP contribution in [0.15, 0.2) is 30.3 Å². The molecule has 0 fully saturated rings. The zero-order valence-electron chi connectivity index (χ0n) is 10.3. The predicted molar refractivity (Wildman–Crippen MR) is 65.2 cm³/mol. The van der Waals surface area contributed by atoms with Gasteiger partial charge >= 0.3 is 0 Å². The minimum absolute atomic E-state index is 0.250. The van der Waals surface area contributed by atoms with Gasteiger partial charge in [-0.3, -0.25) is 4.79 Å². The highest BCUT2D eigenvalue weighted by molar-refractivity contribution is 5.32. The summed E-state index contributed by atoms with van der Waals surface area (Å²) < 4.78 is 0. The van der Waals surface area contributed by atoms with Crippen LogP contribution in [0.4, 0.5) is 0 Å². The maximum Gasteiger partial charge on any atom is 0.290 e. The summed E-state index contributed by atoms with van der Waals surface area (Å²) in [6.07, 6.45) is 0. The second-order valence-corrected chi connectivity index (χ2v) is 3.72. The lowest BCUT2D eigenvalue weighted by atomic mass is 9.87. The van der Waals surface area contributed by atoms with E-state index in [2.05, 4.69) is 51.1 Å². The van der Waals surface area contributed by atoms with Gasteiger partial charge in [0.05, 0.1) is 0 Å². The first kappa shape index (κ1) is 16.1. The number of rotatable bonds is 0. The second kappa shape index (κ2) is 9.25. The summed E-state index contributed by atoms with van der Waals surface area (Å²) in [5.41, 5.74) is 1.69. The van der Waals surface area contributed by atoms with Gasteiger partial charge in [0.1, 0.15) is 0 Å². The summed E-state index contributed by atoms with van der Waals surface area (Å²) in [5.74, 6) is 0. The summed E-state index contributed by atoms with van der Waals surface area (Å²) in [4.78, 5) is 8.36. The molecule has 0 amide bonds. The topological polar surface area (TPSA) is 37.3 Å². The molecular formula is C13H22O2. The average molecular weight is 210 g/mol. The van der Waals surface area contributed by atoms with Gasteiger partial charge in [0.25, 0.3) is 6.47 Å². The average Bonchev–Trinajstić information content (AvgIpc) is 2.22. The van der Waals surface area contributed by atoms with E-state index in [1.54, 1.807) is 0 Å². The lowest BCUT2D eigenvalue weighted by Gasteiger charge is -2.18. The molecule has 2 heteroatoms. The summed E-state index contributed by atoms with van der Waals surface area (Å²) in [6.45, 7) is 10.4. The van der Waals surface area contributed by atoms with E-state index >= 15 is 0 Å². The first-order valence-corrected chi connectivity index (χ1v) is 5.15. The van der Waals surface area contributed by atoms with Crippen LogP contribution in [0.2, 0.25) is 0 Å². The lowest BCUT2D eigenvalue weighted by Crippen LogP contribution is -2.10. The summed E-state index contributed by atoms with van der Waals surface area (Å²) in [7, 11) is 0. The Kier molecular flexibility index (Phi) is 9.95. The van der Waals surface area contributed by atoms with Crippen LogP contribution in [0.25, 0.3) is 0 Å². The fourth-order valence-electron chi connectivity index (χ4n) is 0.938. The van der Waals surface area contributed by atoms with E-state index in [-0.39, 0.29) is 6.47 Å². The zero-order valence-corrected chi connectivity index (χ0v) is 10.3. The van der Waals surface area contributed by atoms with Crippen molar-refractivity contribution < 1.29 is 9.90 Å². The quantitative estimate of drug-likeness (QED) is 0.663. The van der Waals surface area contributed by atoms with Crippen LogP contribution in [-0.4, -0.2) is 11.6 Å². The van der Waals surface area contributed by atoms with Gasteiger partial charge in [0, 0.05) is 0 Å². The fraction of sp³-hybridized carbons (Fsp3) is 0.462. The SMILES string of the molecule is CC.CC(C)(C)c1ccccc1.O=CO. The maximum atomic E-state index is 8.36. The third kappa shape index (κ3) is 9.01. The molecule has 1 aromatic rings. The molecule has 0 aromatic heterocycles. The Bertz CT molecular complexity index is 234. The van der Waals surface area contributed by atoms with Crippen LogP contribution in [0, 0.1) is 0 Å². The van der Waals surface area contributed by atoms with Gasteiger partial charge in [-0.2, -0.15) is 0 Å². The van der Waals surface area contributed by atoms with Gasteiger partial charge in [0.15, 0.2) is 0 Å². The third-order valence-electron chi connectivity index (χ3n) is 1.64. The monoisotopic (exact) mass is 210 g/mol. The van der Waals surface area contributed by atoms with Crippen molar-refractivity contribution in [3.05, 3.63) is 35.9 Å². The Morgan fingerprint density at radius 1 is 1.07 bits per heavy atom. The van der Waals surface area contributed by atoms with Gasteiger partial charge in [-0.05, 0) is 11.0 Å². The van der Waals surface area contributed by atoms with Crippen LogP contribution >= 0.6 is 0 Å². The van der Waals surface area contributed by atoms with Crippen molar-refractivity contribution in [3.8, 4) is 0 Å². The van der Waals surface area contributed by atoms with Crippen LogP contribution < -0.4 is 0 Å². The number of hydrogen-bond acceptors (Lipinski definition) is 1. The van der Waals surface area contributed by atoms with Crippen LogP contribution in [0.5, 0.6) is 0 Å². The van der Waals surface area contributed by atoms with Gasteiger partial charge in [-0.1, -0.05) is 65.0 Å². The molecule has 0 atom stereocenters. The predicted octanol–water partition coefficient (Wildman–Crippen LogP) is 3.71. The minimum atomic E-state index is -0.250. The maximum absolute atomic E-state index is 8.36. The Morgan fingerprint density at radius 2 is 1.40 bits per heavy atom. The van der Waals surface area contributed by atoms with E-state index in [4.69, 9.17) is 9.90 Å². The lowest BCUT2D eigenvalue weighted by molar-refractivity contribution is -0.122. The molecule has 0 aliphatic heterocycles. The van der Waals surface area contributed by atoms with Crippen LogP contribution in [-0.2, 0) is 10.2 Å². The highest BCUT2D eigenvalue weighted by Gasteiger charge is 2.11. The fourth-order valence-corrected chi connectivity index (χ4v) is 0.938. The number of carboxylic acid groups (broad SMARTS) is 1. The van der Waals surface area contributed by atoms with Crippen molar-refractivity contribution in [1.29, 1.82) is 0 Å². The molecule has 0 bridgehead atoms.